The minimum atomic E-state index is -0.163. The van der Waals surface area contributed by atoms with Crippen LogP contribution in [0.15, 0.2) is 52.9 Å². The zero-order valence-electron chi connectivity index (χ0n) is 16.2. The van der Waals surface area contributed by atoms with Crippen LogP contribution in [0.1, 0.15) is 5.56 Å². The SMILES string of the molecule is COc1cc(COc2nn(C)c(=O)c3c(-c4ccncc4)csc23)cc(OC)c1. The Labute approximate surface area is 171 Å². The molecule has 0 amide bonds. The van der Waals surface area contributed by atoms with Gasteiger partial charge in [-0.25, -0.2) is 4.68 Å². The standard InChI is InChI=1S/C21H19N3O4S/c1-24-21(25)18-17(14-4-6-22-7-5-14)12-29-19(18)20(23-24)28-11-13-8-15(26-2)10-16(9-13)27-3/h4-10,12H,11H2,1-3H3. The largest absolute Gasteiger partial charge is 0.497 e. The van der Waals surface area contributed by atoms with Crippen molar-refractivity contribution >= 4 is 21.4 Å². The molecule has 3 heterocycles. The number of hydrogen-bond acceptors (Lipinski definition) is 7. The third kappa shape index (κ3) is 3.66. The van der Waals surface area contributed by atoms with Crippen molar-refractivity contribution in [3.05, 3.63) is 64.0 Å². The highest BCUT2D eigenvalue weighted by atomic mass is 32.1. The molecule has 0 aliphatic heterocycles. The molecular formula is C21H19N3O4S. The van der Waals surface area contributed by atoms with Crippen molar-refractivity contribution in [2.75, 3.05) is 14.2 Å². The maximum atomic E-state index is 12.8. The van der Waals surface area contributed by atoms with Crippen molar-refractivity contribution < 1.29 is 14.2 Å². The van der Waals surface area contributed by atoms with Crippen LogP contribution in [0.3, 0.4) is 0 Å². The van der Waals surface area contributed by atoms with Gasteiger partial charge in [-0.2, -0.15) is 0 Å². The van der Waals surface area contributed by atoms with E-state index in [0.29, 0.717) is 22.8 Å². The van der Waals surface area contributed by atoms with E-state index < -0.39 is 0 Å². The van der Waals surface area contributed by atoms with E-state index in [2.05, 4.69) is 10.1 Å². The predicted molar refractivity (Wildman–Crippen MR) is 112 cm³/mol. The van der Waals surface area contributed by atoms with Gasteiger partial charge in [0.25, 0.3) is 5.56 Å². The smallest absolute Gasteiger partial charge is 0.276 e. The summed E-state index contributed by atoms with van der Waals surface area (Å²) in [5, 5.41) is 6.87. The first-order chi connectivity index (χ1) is 14.1. The van der Waals surface area contributed by atoms with Crippen molar-refractivity contribution in [1.29, 1.82) is 0 Å². The number of pyridine rings is 1. The van der Waals surface area contributed by atoms with Crippen LogP contribution in [0.5, 0.6) is 17.4 Å². The summed E-state index contributed by atoms with van der Waals surface area (Å²) in [4.78, 5) is 16.8. The van der Waals surface area contributed by atoms with E-state index in [0.717, 1.165) is 21.4 Å². The maximum Gasteiger partial charge on any atom is 0.276 e. The summed E-state index contributed by atoms with van der Waals surface area (Å²) < 4.78 is 18.6. The number of nitrogens with zero attached hydrogens (tertiary/aromatic N) is 3. The van der Waals surface area contributed by atoms with Crippen LogP contribution in [0.25, 0.3) is 21.2 Å². The molecule has 0 spiro atoms. The molecule has 0 saturated carbocycles. The summed E-state index contributed by atoms with van der Waals surface area (Å²) in [5.41, 5.74) is 2.49. The second kappa shape index (κ2) is 7.92. The Kier molecular flexibility index (Phi) is 5.18. The number of rotatable bonds is 6. The van der Waals surface area contributed by atoms with Crippen LogP contribution in [-0.4, -0.2) is 29.0 Å². The molecule has 4 aromatic rings. The lowest BCUT2D eigenvalue weighted by atomic mass is 10.1. The average Bonchev–Trinajstić information content (AvgIpc) is 3.21. The van der Waals surface area contributed by atoms with E-state index in [4.69, 9.17) is 14.2 Å². The van der Waals surface area contributed by atoms with E-state index in [-0.39, 0.29) is 12.2 Å². The number of ether oxygens (including phenoxy) is 3. The second-order valence-corrected chi connectivity index (χ2v) is 7.21. The van der Waals surface area contributed by atoms with Crippen LogP contribution < -0.4 is 19.8 Å². The van der Waals surface area contributed by atoms with Crippen LogP contribution in [0, 0.1) is 0 Å². The monoisotopic (exact) mass is 409 g/mol. The maximum absolute atomic E-state index is 12.8. The van der Waals surface area contributed by atoms with E-state index in [1.54, 1.807) is 39.7 Å². The molecule has 0 aliphatic rings. The third-order valence-corrected chi connectivity index (χ3v) is 5.48. The topological polar surface area (TPSA) is 75.5 Å². The lowest BCUT2D eigenvalue weighted by Crippen LogP contribution is -2.20. The first kappa shape index (κ1) is 18.9. The molecule has 0 fully saturated rings. The number of thiophene rings is 1. The molecule has 1 aromatic carbocycles. The number of hydrogen-bond donors (Lipinski definition) is 0. The minimum Gasteiger partial charge on any atom is -0.497 e. The van der Waals surface area contributed by atoms with Gasteiger partial charge in [-0.05, 0) is 35.4 Å². The number of methoxy groups -OCH3 is 2. The number of benzene rings is 1. The van der Waals surface area contributed by atoms with Crippen LogP contribution in [0.4, 0.5) is 0 Å². The van der Waals surface area contributed by atoms with Crippen molar-refractivity contribution in [3.63, 3.8) is 0 Å². The molecule has 8 heteroatoms. The van der Waals surface area contributed by atoms with Crippen molar-refractivity contribution in [3.8, 4) is 28.5 Å². The van der Waals surface area contributed by atoms with Gasteiger partial charge in [-0.15, -0.1) is 16.4 Å². The van der Waals surface area contributed by atoms with E-state index >= 15 is 0 Å². The molecular weight excluding hydrogens is 390 g/mol. The summed E-state index contributed by atoms with van der Waals surface area (Å²) in [5.74, 6) is 1.77. The highest BCUT2D eigenvalue weighted by Crippen LogP contribution is 2.36. The molecule has 3 aromatic heterocycles. The molecule has 0 aliphatic carbocycles. The summed E-state index contributed by atoms with van der Waals surface area (Å²) in [6.07, 6.45) is 3.41. The van der Waals surface area contributed by atoms with Gasteiger partial charge in [0.2, 0.25) is 5.88 Å². The fourth-order valence-electron chi connectivity index (χ4n) is 3.06. The summed E-state index contributed by atoms with van der Waals surface area (Å²) in [6, 6.07) is 9.30. The Bertz CT molecular complexity index is 1200. The first-order valence-corrected chi connectivity index (χ1v) is 9.72. The molecule has 4 rings (SSSR count). The summed E-state index contributed by atoms with van der Waals surface area (Å²) >= 11 is 1.44. The molecule has 29 heavy (non-hydrogen) atoms. The summed E-state index contributed by atoms with van der Waals surface area (Å²) in [7, 11) is 4.82. The number of aryl methyl sites for hydroxylation is 1. The lowest BCUT2D eigenvalue weighted by molar-refractivity contribution is 0.288. The van der Waals surface area contributed by atoms with Gasteiger partial charge in [-0.1, -0.05) is 0 Å². The predicted octanol–water partition coefficient (Wildman–Crippen LogP) is 3.65. The van der Waals surface area contributed by atoms with Crippen molar-refractivity contribution in [2.45, 2.75) is 6.61 Å². The Morgan fingerprint density at radius 3 is 2.41 bits per heavy atom. The Morgan fingerprint density at radius 1 is 1.07 bits per heavy atom. The fraction of sp³-hybridized carbons (Fsp3) is 0.190. The van der Waals surface area contributed by atoms with Gasteiger partial charge in [0.15, 0.2) is 0 Å². The number of fused-ring (bicyclic) bond motifs is 1. The minimum absolute atomic E-state index is 0.163. The van der Waals surface area contributed by atoms with Crippen LogP contribution >= 0.6 is 11.3 Å². The highest BCUT2D eigenvalue weighted by Gasteiger charge is 2.17. The lowest BCUT2D eigenvalue weighted by Gasteiger charge is -2.11. The van der Waals surface area contributed by atoms with E-state index in [1.807, 2.05) is 29.6 Å². The van der Waals surface area contributed by atoms with E-state index in [9.17, 15) is 4.79 Å². The Balaban J connectivity index is 1.73. The quantitative estimate of drug-likeness (QED) is 0.484. The molecule has 0 N–H and O–H groups in total. The van der Waals surface area contributed by atoms with E-state index in [1.165, 1.54) is 16.0 Å². The van der Waals surface area contributed by atoms with Gasteiger partial charge < -0.3 is 14.2 Å². The zero-order valence-corrected chi connectivity index (χ0v) is 17.0. The third-order valence-electron chi connectivity index (χ3n) is 4.51. The molecule has 7 nitrogen and oxygen atoms in total. The zero-order chi connectivity index (χ0) is 20.4. The van der Waals surface area contributed by atoms with Gasteiger partial charge in [0.05, 0.1) is 19.6 Å². The van der Waals surface area contributed by atoms with Gasteiger partial charge in [0, 0.05) is 36.5 Å². The average molecular weight is 409 g/mol. The van der Waals surface area contributed by atoms with Gasteiger partial charge in [0.1, 0.15) is 22.8 Å². The number of aromatic nitrogens is 3. The van der Waals surface area contributed by atoms with Gasteiger partial charge >= 0.3 is 0 Å². The van der Waals surface area contributed by atoms with Crippen molar-refractivity contribution in [1.82, 2.24) is 14.8 Å². The van der Waals surface area contributed by atoms with Crippen LogP contribution in [-0.2, 0) is 13.7 Å². The Hall–Kier alpha value is -3.39. The molecule has 0 radical (unpaired) electrons. The first-order valence-electron chi connectivity index (χ1n) is 8.84. The van der Waals surface area contributed by atoms with Gasteiger partial charge in [-0.3, -0.25) is 9.78 Å². The molecule has 0 atom stereocenters. The fourth-order valence-corrected chi connectivity index (χ4v) is 4.06. The highest BCUT2D eigenvalue weighted by molar-refractivity contribution is 7.18. The molecule has 0 unspecified atom stereocenters. The molecule has 0 bridgehead atoms. The normalized spacial score (nSPS) is 10.9. The molecule has 0 saturated heterocycles. The molecule has 148 valence electrons. The summed E-state index contributed by atoms with van der Waals surface area (Å²) in [6.45, 7) is 0.260. The van der Waals surface area contributed by atoms with Crippen molar-refractivity contribution in [2.24, 2.45) is 7.05 Å². The second-order valence-electron chi connectivity index (χ2n) is 6.33. The Morgan fingerprint density at radius 2 is 1.76 bits per heavy atom. The van der Waals surface area contributed by atoms with Crippen LogP contribution in [0.2, 0.25) is 0 Å².